The minimum absolute atomic E-state index is 0.0237. The number of phenols is 2. The van der Waals surface area contributed by atoms with Crippen LogP contribution in [0.1, 0.15) is 87.4 Å². The molecule has 250 valence electrons. The van der Waals surface area contributed by atoms with E-state index in [1.54, 1.807) is 30.3 Å². The number of aldehydes is 1. The molecule has 0 aromatic heterocycles. The van der Waals surface area contributed by atoms with E-state index in [2.05, 4.69) is 45.3 Å². The summed E-state index contributed by atoms with van der Waals surface area (Å²) in [5, 5.41) is 26.4. The van der Waals surface area contributed by atoms with Crippen LogP contribution in [0.15, 0.2) is 54.6 Å². The van der Waals surface area contributed by atoms with Crippen LogP contribution in [0.2, 0.25) is 0 Å². The van der Waals surface area contributed by atoms with Crippen molar-refractivity contribution >= 4 is 23.9 Å². The third kappa shape index (κ3) is 7.22. The van der Waals surface area contributed by atoms with Crippen LogP contribution in [0.4, 0.5) is 5.69 Å². The van der Waals surface area contributed by atoms with Gasteiger partial charge in [-0.05, 0) is 61.1 Å². The Balaban J connectivity index is 1.22. The van der Waals surface area contributed by atoms with E-state index in [9.17, 15) is 24.6 Å². The van der Waals surface area contributed by atoms with E-state index in [1.807, 2.05) is 0 Å². The Bertz CT molecular complexity index is 1610. The molecule has 3 aromatic rings. The standard InChI is InChI=1S/C37H44N2O8/c1-6-35(2,3)21-45-22-36(4,5)20-38-33(43)9-7-8-24(19-40)39-23-10-13-28-27(16-23)34(44)47-37(28)29-14-11-25(41)17-31(29)46-32-18-26(42)12-15-30(32)37/h10-19,24,39,41-42H,6-9,20-22H2,1-5H3,(H,38,43). The molecule has 2 aliphatic heterocycles. The molecule has 0 bridgehead atoms. The zero-order chi connectivity index (χ0) is 34.0. The molecule has 10 nitrogen and oxygen atoms in total. The molecule has 0 radical (unpaired) electrons. The number of anilines is 1. The molecule has 10 heteroatoms. The van der Waals surface area contributed by atoms with Gasteiger partial charge >= 0.3 is 5.97 Å². The fourth-order valence-corrected chi connectivity index (χ4v) is 5.85. The first-order valence-electron chi connectivity index (χ1n) is 16.1. The number of esters is 1. The Kier molecular flexibility index (Phi) is 9.54. The lowest BCUT2D eigenvalue weighted by Crippen LogP contribution is -2.37. The van der Waals surface area contributed by atoms with Crippen molar-refractivity contribution < 1.29 is 38.8 Å². The summed E-state index contributed by atoms with van der Waals surface area (Å²) >= 11 is 0. The molecule has 0 fully saturated rings. The fraction of sp³-hybridized carbons (Fsp3) is 0.432. The molecule has 1 amide bonds. The van der Waals surface area contributed by atoms with Gasteiger partial charge in [0.2, 0.25) is 5.91 Å². The number of rotatable bonds is 14. The lowest BCUT2D eigenvalue weighted by molar-refractivity contribution is -0.122. The summed E-state index contributed by atoms with van der Waals surface area (Å²) < 4.78 is 18.0. The topological polar surface area (TPSA) is 143 Å². The lowest BCUT2D eigenvalue weighted by atomic mass is 9.77. The number of amides is 1. The monoisotopic (exact) mass is 644 g/mol. The van der Waals surface area contributed by atoms with Crippen molar-refractivity contribution in [2.24, 2.45) is 10.8 Å². The van der Waals surface area contributed by atoms with Gasteiger partial charge in [-0.1, -0.05) is 40.7 Å². The molecular weight excluding hydrogens is 600 g/mol. The van der Waals surface area contributed by atoms with Crippen LogP contribution in [-0.2, 0) is 24.7 Å². The van der Waals surface area contributed by atoms with Crippen LogP contribution >= 0.6 is 0 Å². The maximum Gasteiger partial charge on any atom is 0.340 e. The SMILES string of the molecule is CCC(C)(C)COCC(C)(C)CNC(=O)CCCC(C=O)Nc1ccc2c(c1)C(=O)OC21c2ccc(O)cc2Oc2cc(O)ccc21. The quantitative estimate of drug-likeness (QED) is 0.116. The Morgan fingerprint density at radius 1 is 0.936 bits per heavy atom. The van der Waals surface area contributed by atoms with E-state index in [-0.39, 0.29) is 34.7 Å². The maximum absolute atomic E-state index is 13.4. The minimum atomic E-state index is -1.36. The minimum Gasteiger partial charge on any atom is -0.508 e. The maximum atomic E-state index is 13.4. The van der Waals surface area contributed by atoms with Gasteiger partial charge < -0.3 is 39.9 Å². The van der Waals surface area contributed by atoms with Crippen molar-refractivity contribution in [2.75, 3.05) is 25.1 Å². The zero-order valence-corrected chi connectivity index (χ0v) is 27.6. The summed E-state index contributed by atoms with van der Waals surface area (Å²) in [7, 11) is 0. The summed E-state index contributed by atoms with van der Waals surface area (Å²) in [5.41, 5.74) is 1.03. The van der Waals surface area contributed by atoms with E-state index < -0.39 is 17.6 Å². The molecular formula is C37H44N2O8. The molecule has 4 N–H and O–H groups in total. The van der Waals surface area contributed by atoms with E-state index in [0.29, 0.717) is 72.0 Å². The molecule has 5 rings (SSSR count). The average molecular weight is 645 g/mol. The molecule has 1 atom stereocenters. The molecule has 3 aromatic carbocycles. The Hall–Kier alpha value is -4.57. The number of ether oxygens (including phenoxy) is 3. The van der Waals surface area contributed by atoms with Crippen molar-refractivity contribution in [1.29, 1.82) is 0 Å². The first-order valence-corrected chi connectivity index (χ1v) is 16.1. The molecule has 0 saturated carbocycles. The second-order valence-corrected chi connectivity index (χ2v) is 14.0. The predicted molar refractivity (Wildman–Crippen MR) is 177 cm³/mol. The predicted octanol–water partition coefficient (Wildman–Crippen LogP) is 6.41. The molecule has 2 aliphatic rings. The third-order valence-electron chi connectivity index (χ3n) is 8.92. The number of phenolic OH excluding ortho intramolecular Hbond substituents is 2. The van der Waals surface area contributed by atoms with Crippen molar-refractivity contribution in [1.82, 2.24) is 5.32 Å². The van der Waals surface area contributed by atoms with Gasteiger partial charge in [0, 0.05) is 52.9 Å². The molecule has 47 heavy (non-hydrogen) atoms. The van der Waals surface area contributed by atoms with Crippen LogP contribution in [0.3, 0.4) is 0 Å². The van der Waals surface area contributed by atoms with Gasteiger partial charge in [0.15, 0.2) is 5.60 Å². The number of carbonyl (C=O) groups excluding carboxylic acids is 3. The lowest BCUT2D eigenvalue weighted by Gasteiger charge is -2.36. The van der Waals surface area contributed by atoms with Crippen LogP contribution in [0.5, 0.6) is 23.0 Å². The fourth-order valence-electron chi connectivity index (χ4n) is 5.85. The molecule has 0 aliphatic carbocycles. The van der Waals surface area contributed by atoms with Crippen LogP contribution < -0.4 is 15.4 Å². The highest BCUT2D eigenvalue weighted by molar-refractivity contribution is 5.98. The van der Waals surface area contributed by atoms with Crippen molar-refractivity contribution in [3.05, 3.63) is 76.9 Å². The van der Waals surface area contributed by atoms with Crippen LogP contribution in [0, 0.1) is 10.8 Å². The summed E-state index contributed by atoms with van der Waals surface area (Å²) in [5.74, 6) is -0.104. The molecule has 2 heterocycles. The normalized spacial score (nSPS) is 15.1. The van der Waals surface area contributed by atoms with Crippen LogP contribution in [0.25, 0.3) is 0 Å². The Morgan fingerprint density at radius 3 is 2.17 bits per heavy atom. The van der Waals surface area contributed by atoms with Crippen LogP contribution in [-0.4, -0.2) is 54.2 Å². The number of carbonyl (C=O) groups is 3. The zero-order valence-electron chi connectivity index (χ0n) is 27.6. The van der Waals surface area contributed by atoms with Crippen molar-refractivity contribution in [2.45, 2.75) is 71.9 Å². The van der Waals surface area contributed by atoms with E-state index >= 15 is 0 Å². The summed E-state index contributed by atoms with van der Waals surface area (Å²) in [6.45, 7) is 12.3. The average Bonchev–Trinajstić information content (AvgIpc) is 3.30. The van der Waals surface area contributed by atoms with Gasteiger partial charge in [-0.2, -0.15) is 0 Å². The van der Waals surface area contributed by atoms with Gasteiger partial charge in [-0.15, -0.1) is 0 Å². The van der Waals surface area contributed by atoms with Crippen molar-refractivity contribution in [3.8, 4) is 23.0 Å². The van der Waals surface area contributed by atoms with Gasteiger partial charge in [0.1, 0.15) is 29.3 Å². The van der Waals surface area contributed by atoms with E-state index in [1.165, 1.54) is 24.3 Å². The first kappa shape index (κ1) is 33.8. The Labute approximate surface area is 275 Å². The van der Waals surface area contributed by atoms with Gasteiger partial charge in [0.25, 0.3) is 0 Å². The largest absolute Gasteiger partial charge is 0.508 e. The van der Waals surface area contributed by atoms with Gasteiger partial charge in [0.05, 0.1) is 24.8 Å². The number of hydrogen-bond donors (Lipinski definition) is 4. The van der Waals surface area contributed by atoms with Gasteiger partial charge in [-0.25, -0.2) is 4.79 Å². The summed E-state index contributed by atoms with van der Waals surface area (Å²) in [4.78, 5) is 37.9. The number of aromatic hydroxyl groups is 2. The van der Waals surface area contributed by atoms with E-state index in [0.717, 1.165) is 12.7 Å². The number of fused-ring (bicyclic) bond motifs is 6. The number of nitrogens with one attached hydrogen (secondary N) is 2. The van der Waals surface area contributed by atoms with Crippen molar-refractivity contribution in [3.63, 3.8) is 0 Å². The number of hydrogen-bond acceptors (Lipinski definition) is 9. The Morgan fingerprint density at radius 2 is 1.55 bits per heavy atom. The second kappa shape index (κ2) is 13.3. The second-order valence-electron chi connectivity index (χ2n) is 14.0. The highest BCUT2D eigenvalue weighted by atomic mass is 16.6. The highest BCUT2D eigenvalue weighted by Gasteiger charge is 2.53. The summed E-state index contributed by atoms with van der Waals surface area (Å²) in [6.07, 6.45) is 3.02. The first-order chi connectivity index (χ1) is 22.3. The highest BCUT2D eigenvalue weighted by Crippen LogP contribution is 2.57. The molecule has 1 spiro atoms. The smallest absolute Gasteiger partial charge is 0.340 e. The summed E-state index contributed by atoms with van der Waals surface area (Å²) in [6, 6.07) is 13.8. The van der Waals surface area contributed by atoms with Gasteiger partial charge in [-0.3, -0.25) is 4.79 Å². The van der Waals surface area contributed by atoms with E-state index in [4.69, 9.17) is 14.2 Å². The number of benzene rings is 3. The third-order valence-corrected chi connectivity index (χ3v) is 8.92. The molecule has 0 saturated heterocycles. The molecule has 1 unspecified atom stereocenters.